The third-order valence-corrected chi connectivity index (χ3v) is 6.45. The van der Waals surface area contributed by atoms with Crippen molar-refractivity contribution in [1.82, 2.24) is 0 Å². The van der Waals surface area contributed by atoms with Crippen LogP contribution in [-0.4, -0.2) is 39.2 Å². The molecule has 0 radical (unpaired) electrons. The second-order valence-corrected chi connectivity index (χ2v) is 8.46. The summed E-state index contributed by atoms with van der Waals surface area (Å²) in [5.74, 6) is -0.140. The largest absolute Gasteiger partial charge is 0.493 e. The van der Waals surface area contributed by atoms with E-state index in [-0.39, 0.29) is 11.8 Å². The van der Waals surface area contributed by atoms with E-state index in [2.05, 4.69) is 0 Å². The number of carbonyl (C=O) groups excluding carboxylic acids is 2. The minimum Gasteiger partial charge on any atom is -0.493 e. The second kappa shape index (κ2) is 8.96. The van der Waals surface area contributed by atoms with Crippen molar-refractivity contribution in [3.8, 4) is 17.2 Å². The third kappa shape index (κ3) is 3.66. The molecule has 2 amide bonds. The minimum absolute atomic E-state index is 0.318. The van der Waals surface area contributed by atoms with Gasteiger partial charge in [-0.2, -0.15) is 0 Å². The van der Waals surface area contributed by atoms with Gasteiger partial charge in [-0.05, 0) is 48.9 Å². The predicted octanol–water partition coefficient (Wildman–Crippen LogP) is 4.07. The van der Waals surface area contributed by atoms with Gasteiger partial charge in [0.05, 0.1) is 38.7 Å². The molecule has 35 heavy (non-hydrogen) atoms. The number of hydrogen-bond acceptors (Lipinski definition) is 7. The number of rotatable bonds is 6. The zero-order chi connectivity index (χ0) is 24.7. The number of para-hydroxylation sites is 1. The van der Waals surface area contributed by atoms with Gasteiger partial charge in [0.2, 0.25) is 11.7 Å². The number of imide groups is 1. The molecule has 0 aromatic heterocycles. The highest BCUT2D eigenvalue weighted by molar-refractivity contribution is 6.23. The molecule has 0 saturated carbocycles. The second-order valence-electron chi connectivity index (χ2n) is 8.46. The van der Waals surface area contributed by atoms with Gasteiger partial charge >= 0.3 is 0 Å². The number of fused-ring (bicyclic) bond motifs is 1. The summed E-state index contributed by atoms with van der Waals surface area (Å²) in [4.78, 5) is 34.7. The lowest BCUT2D eigenvalue weighted by Gasteiger charge is -2.29. The lowest BCUT2D eigenvalue weighted by molar-refractivity contribution is -0.126. The van der Waals surface area contributed by atoms with Gasteiger partial charge in [-0.25, -0.2) is 9.96 Å². The number of hydroxylamine groups is 1. The van der Waals surface area contributed by atoms with Gasteiger partial charge in [0, 0.05) is 0 Å². The predicted molar refractivity (Wildman–Crippen MR) is 130 cm³/mol. The molecule has 2 fully saturated rings. The molecule has 0 spiro atoms. The molecular weight excluding hydrogens is 448 g/mol. The molecule has 8 nitrogen and oxygen atoms in total. The van der Waals surface area contributed by atoms with Crippen LogP contribution in [0.25, 0.3) is 0 Å². The summed E-state index contributed by atoms with van der Waals surface area (Å²) in [5.41, 5.74) is 2.99. The van der Waals surface area contributed by atoms with E-state index in [0.29, 0.717) is 28.5 Å². The Labute approximate surface area is 203 Å². The number of hydrogen-bond donors (Lipinski definition) is 0. The van der Waals surface area contributed by atoms with E-state index in [0.717, 1.165) is 11.3 Å². The molecule has 3 aromatic carbocycles. The molecule has 2 heterocycles. The van der Waals surface area contributed by atoms with Crippen molar-refractivity contribution >= 4 is 23.2 Å². The molecule has 0 N–H and O–H groups in total. The van der Waals surface area contributed by atoms with Gasteiger partial charge in [0.25, 0.3) is 5.91 Å². The fourth-order valence-electron chi connectivity index (χ4n) is 4.77. The van der Waals surface area contributed by atoms with Crippen molar-refractivity contribution in [3.05, 3.63) is 77.9 Å². The number of ether oxygens (including phenoxy) is 3. The molecule has 0 aliphatic carbocycles. The number of methoxy groups -OCH3 is 3. The van der Waals surface area contributed by atoms with Crippen LogP contribution in [0, 0.1) is 12.8 Å². The number of nitrogens with zero attached hydrogens (tertiary/aromatic N) is 2. The summed E-state index contributed by atoms with van der Waals surface area (Å²) in [6.07, 6.45) is -0.965. The van der Waals surface area contributed by atoms with Crippen LogP contribution in [0.3, 0.4) is 0 Å². The van der Waals surface area contributed by atoms with E-state index in [1.54, 1.807) is 29.3 Å². The highest BCUT2D eigenvalue weighted by Crippen LogP contribution is 2.50. The van der Waals surface area contributed by atoms with E-state index in [9.17, 15) is 9.59 Å². The molecule has 3 aromatic rings. The van der Waals surface area contributed by atoms with Crippen LogP contribution in [0.4, 0.5) is 11.4 Å². The van der Waals surface area contributed by atoms with Crippen LogP contribution >= 0.6 is 0 Å². The van der Waals surface area contributed by atoms with E-state index < -0.39 is 18.1 Å². The zero-order valence-corrected chi connectivity index (χ0v) is 19.9. The standard InChI is InChI=1S/C27H26N2O6/c1-16-10-12-18(13-11-16)28-26(30)22-23(17-14-20(32-2)24(34-4)21(15-17)33-3)29(35-25(22)27(28)31)19-8-6-5-7-9-19/h5-15,22-23,25H,1-4H3/t22-,23+,25+/m0/s1. The minimum atomic E-state index is -0.965. The summed E-state index contributed by atoms with van der Waals surface area (Å²) in [5, 5.41) is 1.64. The van der Waals surface area contributed by atoms with E-state index >= 15 is 0 Å². The van der Waals surface area contributed by atoms with Gasteiger partial charge in [0.15, 0.2) is 17.6 Å². The van der Waals surface area contributed by atoms with E-state index in [4.69, 9.17) is 19.0 Å². The SMILES string of the molecule is COc1cc([C@@H]2[C@@H]3C(=O)N(c4ccc(C)cc4)C(=O)[C@@H]3ON2c2ccccc2)cc(OC)c1OC. The molecule has 2 saturated heterocycles. The smallest absolute Gasteiger partial charge is 0.266 e. The Morgan fingerprint density at radius 1 is 0.771 bits per heavy atom. The first-order chi connectivity index (χ1) is 17.0. The van der Waals surface area contributed by atoms with Crippen LogP contribution in [0.5, 0.6) is 17.2 Å². The molecule has 180 valence electrons. The maximum Gasteiger partial charge on any atom is 0.266 e. The average molecular weight is 475 g/mol. The summed E-state index contributed by atoms with van der Waals surface area (Å²) >= 11 is 0. The van der Waals surface area contributed by atoms with Crippen molar-refractivity contribution in [2.24, 2.45) is 5.92 Å². The molecule has 5 rings (SSSR count). The number of benzene rings is 3. The van der Waals surface area contributed by atoms with Crippen LogP contribution in [0.2, 0.25) is 0 Å². The van der Waals surface area contributed by atoms with Crippen molar-refractivity contribution in [2.75, 3.05) is 31.3 Å². The quantitative estimate of drug-likeness (QED) is 0.499. The summed E-state index contributed by atoms with van der Waals surface area (Å²) in [6, 6.07) is 19.7. The maximum absolute atomic E-state index is 13.8. The molecule has 0 bridgehead atoms. The van der Waals surface area contributed by atoms with E-state index in [1.807, 2.05) is 49.4 Å². The van der Waals surface area contributed by atoms with Gasteiger partial charge in [-0.15, -0.1) is 0 Å². The van der Waals surface area contributed by atoms with Crippen molar-refractivity contribution < 1.29 is 28.6 Å². The zero-order valence-electron chi connectivity index (χ0n) is 19.9. The maximum atomic E-state index is 13.8. The van der Waals surface area contributed by atoms with Gasteiger partial charge < -0.3 is 14.2 Å². The summed E-state index contributed by atoms with van der Waals surface area (Å²) < 4.78 is 16.6. The van der Waals surface area contributed by atoms with Crippen molar-refractivity contribution in [3.63, 3.8) is 0 Å². The Kier molecular flexibility index (Phi) is 5.82. The van der Waals surface area contributed by atoms with Crippen LogP contribution in [0.1, 0.15) is 17.2 Å². The fraction of sp³-hybridized carbons (Fsp3) is 0.259. The Balaban J connectivity index is 1.64. The molecule has 0 unspecified atom stereocenters. The van der Waals surface area contributed by atoms with Crippen LogP contribution in [-0.2, 0) is 14.4 Å². The fourth-order valence-corrected chi connectivity index (χ4v) is 4.77. The van der Waals surface area contributed by atoms with Crippen LogP contribution in [0.15, 0.2) is 66.7 Å². The lowest BCUT2D eigenvalue weighted by Crippen LogP contribution is -2.37. The first kappa shape index (κ1) is 22.7. The molecular formula is C27H26N2O6. The first-order valence-electron chi connectivity index (χ1n) is 11.2. The third-order valence-electron chi connectivity index (χ3n) is 6.45. The summed E-state index contributed by atoms with van der Waals surface area (Å²) in [7, 11) is 4.60. The van der Waals surface area contributed by atoms with Gasteiger partial charge in [-0.1, -0.05) is 35.9 Å². The first-order valence-corrected chi connectivity index (χ1v) is 11.2. The topological polar surface area (TPSA) is 77.5 Å². The lowest BCUT2D eigenvalue weighted by atomic mass is 9.90. The molecule has 8 heteroatoms. The number of anilines is 2. The van der Waals surface area contributed by atoms with Gasteiger partial charge in [-0.3, -0.25) is 14.4 Å². The number of carbonyl (C=O) groups is 2. The van der Waals surface area contributed by atoms with Crippen molar-refractivity contribution in [1.29, 1.82) is 0 Å². The Morgan fingerprint density at radius 2 is 1.40 bits per heavy atom. The molecule has 2 aliphatic heterocycles. The van der Waals surface area contributed by atoms with Crippen LogP contribution < -0.4 is 24.2 Å². The number of amides is 2. The monoisotopic (exact) mass is 474 g/mol. The van der Waals surface area contributed by atoms with Crippen molar-refractivity contribution in [2.45, 2.75) is 19.1 Å². The normalized spacial score (nSPS) is 21.3. The highest BCUT2D eigenvalue weighted by atomic mass is 16.7. The Morgan fingerprint density at radius 3 is 1.97 bits per heavy atom. The Bertz CT molecular complexity index is 1240. The molecule has 2 aliphatic rings. The summed E-state index contributed by atoms with van der Waals surface area (Å²) in [6.45, 7) is 1.95. The number of aryl methyl sites for hydroxylation is 1. The highest BCUT2D eigenvalue weighted by Gasteiger charge is 2.60. The Hall–Kier alpha value is -4.04. The van der Waals surface area contributed by atoms with Gasteiger partial charge in [0.1, 0.15) is 5.92 Å². The van der Waals surface area contributed by atoms with E-state index in [1.165, 1.54) is 26.2 Å². The molecule has 3 atom stereocenters. The average Bonchev–Trinajstić information content (AvgIpc) is 3.40.